The van der Waals surface area contributed by atoms with Crippen LogP contribution in [0.3, 0.4) is 0 Å². The molecule has 7 nitrogen and oxygen atoms in total. The van der Waals surface area contributed by atoms with Crippen LogP contribution in [0.2, 0.25) is 0 Å². The molecule has 0 saturated heterocycles. The molecule has 0 aliphatic rings. The highest BCUT2D eigenvalue weighted by Crippen LogP contribution is 2.27. The topological polar surface area (TPSA) is 98.8 Å². The Morgan fingerprint density at radius 1 is 1.48 bits per heavy atom. The van der Waals surface area contributed by atoms with Crippen molar-refractivity contribution < 1.29 is 9.53 Å². The van der Waals surface area contributed by atoms with Crippen molar-refractivity contribution in [3.8, 4) is 0 Å². The molecule has 1 unspecified atom stereocenters. The molecular formula is C14H21N5O2. The predicted molar refractivity (Wildman–Crippen MR) is 79.0 cm³/mol. The van der Waals surface area contributed by atoms with Gasteiger partial charge in [0.15, 0.2) is 5.69 Å². The number of aromatic nitrogens is 4. The van der Waals surface area contributed by atoms with Crippen LogP contribution < -0.4 is 5.73 Å². The number of aryl methyl sites for hydroxylation is 1. The lowest BCUT2D eigenvalue weighted by Gasteiger charge is -2.18. The number of hydrogen-bond acceptors (Lipinski definition) is 5. The summed E-state index contributed by atoms with van der Waals surface area (Å²) in [6, 6.07) is -0.0781. The minimum Gasteiger partial charge on any atom is -0.461 e. The average Bonchev–Trinajstić information content (AvgIpc) is 3.10. The summed E-state index contributed by atoms with van der Waals surface area (Å²) in [5.41, 5.74) is 6.33. The van der Waals surface area contributed by atoms with E-state index in [9.17, 15) is 4.79 Å². The van der Waals surface area contributed by atoms with Crippen molar-refractivity contribution in [2.45, 2.75) is 39.7 Å². The summed E-state index contributed by atoms with van der Waals surface area (Å²) in [7, 11) is 0. The van der Waals surface area contributed by atoms with Gasteiger partial charge in [0, 0.05) is 18.8 Å². The summed E-state index contributed by atoms with van der Waals surface area (Å²) in [6.45, 7) is 6.06. The predicted octanol–water partition coefficient (Wildman–Crippen LogP) is 1.93. The lowest BCUT2D eigenvalue weighted by atomic mass is 10.2. The number of carbonyl (C=O) groups is 1. The molecule has 0 fully saturated rings. The second-order valence-corrected chi connectivity index (χ2v) is 4.60. The second kappa shape index (κ2) is 6.43. The van der Waals surface area contributed by atoms with Gasteiger partial charge in [-0.25, -0.2) is 14.8 Å². The lowest BCUT2D eigenvalue weighted by Crippen LogP contribution is -2.17. The zero-order chi connectivity index (χ0) is 15.4. The third-order valence-electron chi connectivity index (χ3n) is 3.34. The molecule has 114 valence electrons. The second-order valence-electron chi connectivity index (χ2n) is 4.60. The van der Waals surface area contributed by atoms with E-state index in [1.54, 1.807) is 19.3 Å². The molecule has 2 aromatic rings. The number of nitrogens with zero attached hydrogens (tertiary/aromatic N) is 3. The van der Waals surface area contributed by atoms with Crippen molar-refractivity contribution in [2.24, 2.45) is 0 Å². The van der Waals surface area contributed by atoms with E-state index in [1.165, 1.54) is 0 Å². The standard InChI is InChI=1S/C14H21N5O2/c1-4-9(13-16-7-8-17-13)19-10(5-2)18-11(12(19)15)14(20)21-6-3/h7-9H,4-6,15H2,1-3H3,(H,16,17). The fraction of sp³-hybridized carbons (Fsp3) is 0.500. The van der Waals surface area contributed by atoms with E-state index in [0.29, 0.717) is 18.8 Å². The van der Waals surface area contributed by atoms with Crippen molar-refractivity contribution in [1.82, 2.24) is 19.5 Å². The Hall–Kier alpha value is -2.31. The Labute approximate surface area is 123 Å². The third kappa shape index (κ3) is 2.76. The first kappa shape index (κ1) is 15.1. The van der Waals surface area contributed by atoms with E-state index >= 15 is 0 Å². The third-order valence-corrected chi connectivity index (χ3v) is 3.34. The Balaban J connectivity index is 2.49. The fourth-order valence-corrected chi connectivity index (χ4v) is 2.40. The highest BCUT2D eigenvalue weighted by molar-refractivity contribution is 5.92. The number of imidazole rings is 2. The van der Waals surface area contributed by atoms with E-state index < -0.39 is 5.97 Å². The zero-order valence-corrected chi connectivity index (χ0v) is 12.6. The van der Waals surface area contributed by atoms with Crippen molar-refractivity contribution in [3.63, 3.8) is 0 Å². The Morgan fingerprint density at radius 2 is 2.24 bits per heavy atom. The molecule has 3 N–H and O–H groups in total. The largest absolute Gasteiger partial charge is 0.461 e. The summed E-state index contributed by atoms with van der Waals surface area (Å²) < 4.78 is 6.87. The number of nitrogens with one attached hydrogen (secondary N) is 1. The molecule has 0 aromatic carbocycles. The number of anilines is 1. The van der Waals surface area contributed by atoms with Gasteiger partial charge in [-0.1, -0.05) is 13.8 Å². The molecule has 0 spiro atoms. The van der Waals surface area contributed by atoms with Gasteiger partial charge in [0.25, 0.3) is 0 Å². The summed E-state index contributed by atoms with van der Waals surface area (Å²) in [4.78, 5) is 23.7. The lowest BCUT2D eigenvalue weighted by molar-refractivity contribution is 0.0521. The number of rotatable bonds is 6. The number of hydrogen-bond donors (Lipinski definition) is 2. The van der Waals surface area contributed by atoms with Crippen LogP contribution in [0, 0.1) is 0 Å². The molecule has 0 aliphatic heterocycles. The SMILES string of the molecule is CCOC(=O)c1nc(CC)n(C(CC)c2ncc[nH]2)c1N. The normalized spacial score (nSPS) is 12.3. The fourth-order valence-electron chi connectivity index (χ4n) is 2.40. The first-order valence-corrected chi connectivity index (χ1v) is 7.16. The monoisotopic (exact) mass is 291 g/mol. The minimum absolute atomic E-state index is 0.0781. The molecule has 0 bridgehead atoms. The van der Waals surface area contributed by atoms with Gasteiger partial charge in [0.1, 0.15) is 17.5 Å². The molecule has 0 saturated carbocycles. The highest BCUT2D eigenvalue weighted by Gasteiger charge is 2.26. The summed E-state index contributed by atoms with van der Waals surface area (Å²) in [5, 5.41) is 0. The quantitative estimate of drug-likeness (QED) is 0.792. The number of nitrogens with two attached hydrogens (primary N) is 1. The Morgan fingerprint density at radius 3 is 2.76 bits per heavy atom. The van der Waals surface area contributed by atoms with Crippen LogP contribution in [0.1, 0.15) is 55.4 Å². The van der Waals surface area contributed by atoms with Crippen LogP contribution in [-0.2, 0) is 11.2 Å². The van der Waals surface area contributed by atoms with Crippen molar-refractivity contribution >= 4 is 11.8 Å². The number of nitrogen functional groups attached to an aromatic ring is 1. The van der Waals surface area contributed by atoms with Crippen LogP contribution in [0.4, 0.5) is 5.82 Å². The maximum atomic E-state index is 11.9. The molecule has 1 atom stereocenters. The van der Waals surface area contributed by atoms with E-state index in [4.69, 9.17) is 10.5 Å². The first-order valence-electron chi connectivity index (χ1n) is 7.16. The van der Waals surface area contributed by atoms with Gasteiger partial charge in [-0.05, 0) is 13.3 Å². The van der Waals surface area contributed by atoms with Crippen LogP contribution in [0.25, 0.3) is 0 Å². The van der Waals surface area contributed by atoms with Gasteiger partial charge >= 0.3 is 5.97 Å². The molecule has 2 rings (SSSR count). The molecule has 0 amide bonds. The number of ether oxygens (including phenoxy) is 1. The molecule has 2 aromatic heterocycles. The van der Waals surface area contributed by atoms with Gasteiger partial charge in [-0.15, -0.1) is 0 Å². The van der Waals surface area contributed by atoms with Gasteiger partial charge < -0.3 is 20.0 Å². The van der Waals surface area contributed by atoms with E-state index in [1.807, 2.05) is 18.4 Å². The summed E-state index contributed by atoms with van der Waals surface area (Å²) in [5.74, 6) is 1.39. The Kier molecular flexibility index (Phi) is 4.62. The Bertz CT molecular complexity index is 603. The molecule has 0 aliphatic carbocycles. The molecule has 0 radical (unpaired) electrons. The number of carbonyl (C=O) groups excluding carboxylic acids is 1. The van der Waals surface area contributed by atoms with Crippen molar-refractivity contribution in [2.75, 3.05) is 12.3 Å². The van der Waals surface area contributed by atoms with E-state index in [-0.39, 0.29) is 11.7 Å². The van der Waals surface area contributed by atoms with Gasteiger partial charge in [-0.3, -0.25) is 0 Å². The van der Waals surface area contributed by atoms with Gasteiger partial charge in [0.05, 0.1) is 12.6 Å². The van der Waals surface area contributed by atoms with Crippen molar-refractivity contribution in [3.05, 3.63) is 29.7 Å². The van der Waals surface area contributed by atoms with E-state index in [0.717, 1.165) is 18.1 Å². The molecule has 21 heavy (non-hydrogen) atoms. The van der Waals surface area contributed by atoms with Crippen molar-refractivity contribution in [1.29, 1.82) is 0 Å². The van der Waals surface area contributed by atoms with E-state index in [2.05, 4.69) is 15.0 Å². The van der Waals surface area contributed by atoms with Crippen LogP contribution in [-0.4, -0.2) is 32.1 Å². The minimum atomic E-state index is -0.488. The van der Waals surface area contributed by atoms with Crippen LogP contribution >= 0.6 is 0 Å². The maximum absolute atomic E-state index is 11.9. The summed E-state index contributed by atoms with van der Waals surface area (Å²) in [6.07, 6.45) is 4.91. The molecule has 7 heteroatoms. The number of H-pyrrole nitrogens is 1. The average molecular weight is 291 g/mol. The molecule has 2 heterocycles. The van der Waals surface area contributed by atoms with Crippen LogP contribution in [0.15, 0.2) is 12.4 Å². The van der Waals surface area contributed by atoms with Gasteiger partial charge in [0.2, 0.25) is 0 Å². The number of aromatic amines is 1. The smallest absolute Gasteiger partial charge is 0.360 e. The van der Waals surface area contributed by atoms with Gasteiger partial charge in [-0.2, -0.15) is 0 Å². The highest BCUT2D eigenvalue weighted by atomic mass is 16.5. The summed E-state index contributed by atoms with van der Waals surface area (Å²) >= 11 is 0. The van der Waals surface area contributed by atoms with Crippen LogP contribution in [0.5, 0.6) is 0 Å². The maximum Gasteiger partial charge on any atom is 0.360 e. The number of esters is 1. The first-order chi connectivity index (χ1) is 10.1. The molecular weight excluding hydrogens is 270 g/mol. The zero-order valence-electron chi connectivity index (χ0n) is 12.6.